The number of amides is 1. The number of carboxylic acids is 1. The zero-order valence-electron chi connectivity index (χ0n) is 11.1. The topological polar surface area (TPSA) is 99.3 Å². The number of carboxylic acid groups (broad SMARTS) is 1. The number of carbonyl (C=O) groups excluding carboxylic acids is 1. The molecule has 6 heteroatoms. The van der Waals surface area contributed by atoms with Crippen molar-refractivity contribution in [3.05, 3.63) is 46.2 Å². The van der Waals surface area contributed by atoms with Crippen molar-refractivity contribution in [2.24, 2.45) is 11.8 Å². The lowest BCUT2D eigenvalue weighted by molar-refractivity contribution is -0.140. The van der Waals surface area contributed by atoms with Crippen LogP contribution in [0.5, 0.6) is 0 Å². The summed E-state index contributed by atoms with van der Waals surface area (Å²) in [6.07, 6.45) is 0.386. The van der Waals surface area contributed by atoms with Crippen LogP contribution in [0.2, 0.25) is 0 Å². The minimum absolute atomic E-state index is 0.214. The first-order valence-corrected chi connectivity index (χ1v) is 6.67. The summed E-state index contributed by atoms with van der Waals surface area (Å²) in [5.74, 6) is -2.22. The number of hydrogen-bond acceptors (Lipinski definition) is 3. The van der Waals surface area contributed by atoms with Gasteiger partial charge in [-0.2, -0.15) is 0 Å². The highest BCUT2D eigenvalue weighted by Crippen LogP contribution is 2.38. The van der Waals surface area contributed by atoms with Gasteiger partial charge in [0, 0.05) is 23.5 Å². The molecule has 108 valence electrons. The van der Waals surface area contributed by atoms with Gasteiger partial charge in [0.05, 0.1) is 11.8 Å². The number of para-hydroxylation sites is 1. The van der Waals surface area contributed by atoms with Crippen LogP contribution in [0, 0.1) is 11.8 Å². The van der Waals surface area contributed by atoms with Crippen molar-refractivity contribution >= 4 is 22.8 Å². The van der Waals surface area contributed by atoms with Gasteiger partial charge in [0.2, 0.25) is 11.5 Å². The zero-order chi connectivity index (χ0) is 15.0. The third-order valence-electron chi connectivity index (χ3n) is 3.73. The van der Waals surface area contributed by atoms with E-state index in [2.05, 4.69) is 10.3 Å². The highest BCUT2D eigenvalue weighted by molar-refractivity contribution is 5.90. The van der Waals surface area contributed by atoms with Crippen LogP contribution in [0.25, 0.3) is 10.9 Å². The first kappa shape index (κ1) is 13.4. The number of aromatic nitrogens is 1. The predicted molar refractivity (Wildman–Crippen MR) is 75.6 cm³/mol. The Morgan fingerprint density at radius 1 is 1.29 bits per heavy atom. The maximum atomic E-state index is 11.9. The molecule has 0 radical (unpaired) electrons. The maximum Gasteiger partial charge on any atom is 0.307 e. The highest BCUT2D eigenvalue weighted by atomic mass is 16.4. The van der Waals surface area contributed by atoms with Gasteiger partial charge in [0.15, 0.2) is 0 Å². The Labute approximate surface area is 119 Å². The molecule has 1 aromatic heterocycles. The average Bonchev–Trinajstić information content (AvgIpc) is 3.25. The van der Waals surface area contributed by atoms with Gasteiger partial charge in [0.1, 0.15) is 0 Å². The molecule has 3 rings (SSSR count). The van der Waals surface area contributed by atoms with Crippen molar-refractivity contribution in [2.45, 2.75) is 13.0 Å². The number of hydrogen-bond donors (Lipinski definition) is 3. The van der Waals surface area contributed by atoms with Crippen molar-refractivity contribution < 1.29 is 14.7 Å². The summed E-state index contributed by atoms with van der Waals surface area (Å²) in [5.41, 5.74) is 1.20. The zero-order valence-corrected chi connectivity index (χ0v) is 11.1. The van der Waals surface area contributed by atoms with E-state index in [1.165, 1.54) is 6.07 Å². The van der Waals surface area contributed by atoms with Gasteiger partial charge in [-0.3, -0.25) is 14.4 Å². The van der Waals surface area contributed by atoms with Gasteiger partial charge in [-0.25, -0.2) is 0 Å². The van der Waals surface area contributed by atoms with E-state index in [1.54, 1.807) is 6.07 Å². The number of benzene rings is 1. The number of aliphatic carboxylic acids is 1. The molecule has 1 aromatic carbocycles. The lowest BCUT2D eigenvalue weighted by Crippen LogP contribution is -2.26. The van der Waals surface area contributed by atoms with E-state index in [-0.39, 0.29) is 18.0 Å². The van der Waals surface area contributed by atoms with Crippen LogP contribution in [0.3, 0.4) is 0 Å². The number of fused-ring (bicyclic) bond motifs is 1. The summed E-state index contributed by atoms with van der Waals surface area (Å²) >= 11 is 0. The number of pyridine rings is 1. The van der Waals surface area contributed by atoms with E-state index >= 15 is 0 Å². The third kappa shape index (κ3) is 2.65. The van der Waals surface area contributed by atoms with E-state index in [0.717, 1.165) is 10.9 Å². The Kier molecular flexibility index (Phi) is 3.21. The third-order valence-corrected chi connectivity index (χ3v) is 3.73. The second-order valence-electron chi connectivity index (χ2n) is 5.21. The Hall–Kier alpha value is -2.63. The molecular weight excluding hydrogens is 272 g/mol. The standard InChI is InChI=1S/C15H14N2O4/c18-13-5-8(9-3-1-2-4-12(9)17-13)7-16-14(19)10-6-11(10)15(20)21/h1-5,10-11H,6-7H2,(H,16,19)(H,17,18)(H,20,21)/t10-,11+/m1/s1. The SMILES string of the molecule is O=C(O)[C@H]1C[C@H]1C(=O)NCc1cc(=O)[nH]c2ccccc12. The molecule has 1 amide bonds. The van der Waals surface area contributed by atoms with Crippen LogP contribution in [0.4, 0.5) is 0 Å². The molecule has 1 saturated carbocycles. The normalized spacial score (nSPS) is 20.2. The molecule has 3 N–H and O–H groups in total. The largest absolute Gasteiger partial charge is 0.481 e. The minimum Gasteiger partial charge on any atom is -0.481 e. The molecule has 1 aliphatic carbocycles. The molecule has 1 fully saturated rings. The van der Waals surface area contributed by atoms with Gasteiger partial charge in [0.25, 0.3) is 0 Å². The average molecular weight is 286 g/mol. The van der Waals surface area contributed by atoms with Crippen molar-refractivity contribution in [2.75, 3.05) is 0 Å². The van der Waals surface area contributed by atoms with E-state index < -0.39 is 17.8 Å². The van der Waals surface area contributed by atoms with Gasteiger partial charge >= 0.3 is 5.97 Å². The molecule has 2 atom stereocenters. The first-order valence-electron chi connectivity index (χ1n) is 6.67. The summed E-state index contributed by atoms with van der Waals surface area (Å²) in [4.78, 5) is 36.9. The molecule has 0 aliphatic heterocycles. The van der Waals surface area contributed by atoms with E-state index in [0.29, 0.717) is 11.9 Å². The minimum atomic E-state index is -0.934. The second-order valence-corrected chi connectivity index (χ2v) is 5.21. The molecule has 1 aliphatic rings. The quantitative estimate of drug-likeness (QED) is 0.776. The molecule has 0 bridgehead atoms. The molecule has 1 heterocycles. The molecular formula is C15H14N2O4. The Bertz CT molecular complexity index is 781. The summed E-state index contributed by atoms with van der Waals surface area (Å²) < 4.78 is 0. The summed E-state index contributed by atoms with van der Waals surface area (Å²) in [6, 6.07) is 8.78. The lowest BCUT2D eigenvalue weighted by Gasteiger charge is -2.07. The van der Waals surface area contributed by atoms with Crippen molar-refractivity contribution in [3.8, 4) is 0 Å². The molecule has 21 heavy (non-hydrogen) atoms. The molecule has 0 spiro atoms. The number of H-pyrrole nitrogens is 1. The van der Waals surface area contributed by atoms with E-state index in [1.807, 2.05) is 18.2 Å². The van der Waals surface area contributed by atoms with E-state index in [9.17, 15) is 14.4 Å². The molecule has 0 saturated heterocycles. The smallest absolute Gasteiger partial charge is 0.307 e. The fraction of sp³-hybridized carbons (Fsp3) is 0.267. The fourth-order valence-corrected chi connectivity index (χ4v) is 2.49. The predicted octanol–water partition coefficient (Wildman–Crippen LogP) is 0.865. The number of nitrogens with one attached hydrogen (secondary N) is 2. The highest BCUT2D eigenvalue weighted by Gasteiger charge is 2.48. The maximum absolute atomic E-state index is 11.9. The monoisotopic (exact) mass is 286 g/mol. The van der Waals surface area contributed by atoms with Gasteiger partial charge in [-0.1, -0.05) is 18.2 Å². The van der Waals surface area contributed by atoms with Crippen LogP contribution in [-0.2, 0) is 16.1 Å². The second kappa shape index (κ2) is 5.05. The van der Waals surface area contributed by atoms with Crippen LogP contribution in [0.15, 0.2) is 35.1 Å². The van der Waals surface area contributed by atoms with Gasteiger partial charge in [-0.15, -0.1) is 0 Å². The van der Waals surface area contributed by atoms with E-state index in [4.69, 9.17) is 5.11 Å². The molecule has 0 unspecified atom stereocenters. The van der Waals surface area contributed by atoms with Crippen LogP contribution in [0.1, 0.15) is 12.0 Å². The van der Waals surface area contributed by atoms with Crippen molar-refractivity contribution in [1.82, 2.24) is 10.3 Å². The Morgan fingerprint density at radius 2 is 2.05 bits per heavy atom. The Morgan fingerprint density at radius 3 is 2.76 bits per heavy atom. The molecule has 2 aromatic rings. The lowest BCUT2D eigenvalue weighted by atomic mass is 10.1. The summed E-state index contributed by atoms with van der Waals surface area (Å²) in [5, 5.41) is 12.4. The number of aromatic amines is 1. The number of rotatable bonds is 4. The van der Waals surface area contributed by atoms with Gasteiger partial charge < -0.3 is 15.4 Å². The van der Waals surface area contributed by atoms with Crippen molar-refractivity contribution in [3.63, 3.8) is 0 Å². The first-order chi connectivity index (χ1) is 10.1. The van der Waals surface area contributed by atoms with Crippen LogP contribution < -0.4 is 10.9 Å². The summed E-state index contributed by atoms with van der Waals surface area (Å²) in [6.45, 7) is 0.214. The number of carbonyl (C=O) groups is 2. The van der Waals surface area contributed by atoms with Gasteiger partial charge in [-0.05, 0) is 18.1 Å². The van der Waals surface area contributed by atoms with Crippen LogP contribution >= 0.6 is 0 Å². The van der Waals surface area contributed by atoms with Crippen LogP contribution in [-0.4, -0.2) is 22.0 Å². The fourth-order valence-electron chi connectivity index (χ4n) is 2.49. The Balaban J connectivity index is 1.75. The summed E-state index contributed by atoms with van der Waals surface area (Å²) in [7, 11) is 0. The molecule has 6 nitrogen and oxygen atoms in total. The van der Waals surface area contributed by atoms with Crippen molar-refractivity contribution in [1.29, 1.82) is 0 Å².